The standard InChI is InChI=1S/C16H25NO/c1-12(2)8-10-16(3,18)15-14-7-5-4-6-13(14)9-11-17-15/h4-7,12,15,17-18H,8-11H2,1-3H3. The largest absolute Gasteiger partial charge is 0.388 e. The summed E-state index contributed by atoms with van der Waals surface area (Å²) in [5, 5.41) is 14.3. The summed E-state index contributed by atoms with van der Waals surface area (Å²) in [6, 6.07) is 8.56. The maximum absolute atomic E-state index is 10.8. The first kappa shape index (κ1) is 13.6. The summed E-state index contributed by atoms with van der Waals surface area (Å²) in [5.41, 5.74) is 1.99. The molecular weight excluding hydrogens is 222 g/mol. The van der Waals surface area contributed by atoms with Crippen molar-refractivity contribution < 1.29 is 5.11 Å². The van der Waals surface area contributed by atoms with Crippen LogP contribution in [0, 0.1) is 5.92 Å². The maximum atomic E-state index is 10.8. The van der Waals surface area contributed by atoms with E-state index < -0.39 is 5.60 Å². The first-order chi connectivity index (χ1) is 8.50. The molecule has 2 nitrogen and oxygen atoms in total. The SMILES string of the molecule is CC(C)CCC(C)(O)C1NCCc2ccccc21. The van der Waals surface area contributed by atoms with E-state index in [1.165, 1.54) is 11.1 Å². The molecule has 2 rings (SSSR count). The van der Waals surface area contributed by atoms with Crippen LogP contribution in [0.3, 0.4) is 0 Å². The molecule has 0 aliphatic carbocycles. The lowest BCUT2D eigenvalue weighted by atomic mass is 9.81. The van der Waals surface area contributed by atoms with Crippen LogP contribution >= 0.6 is 0 Å². The minimum absolute atomic E-state index is 0.0706. The van der Waals surface area contributed by atoms with Gasteiger partial charge in [-0.3, -0.25) is 0 Å². The average Bonchev–Trinajstić information content (AvgIpc) is 2.36. The molecule has 0 spiro atoms. The molecule has 18 heavy (non-hydrogen) atoms. The zero-order valence-corrected chi connectivity index (χ0v) is 11.7. The summed E-state index contributed by atoms with van der Waals surface area (Å²) in [7, 11) is 0. The maximum Gasteiger partial charge on any atom is 0.0813 e. The van der Waals surface area contributed by atoms with Crippen LogP contribution in [0.2, 0.25) is 0 Å². The Labute approximate surface area is 110 Å². The molecule has 1 aliphatic heterocycles. The third kappa shape index (κ3) is 2.93. The van der Waals surface area contributed by atoms with E-state index >= 15 is 0 Å². The third-order valence-electron chi connectivity index (χ3n) is 3.96. The molecule has 0 aromatic heterocycles. The van der Waals surface area contributed by atoms with Gasteiger partial charge in [0, 0.05) is 0 Å². The first-order valence-electron chi connectivity index (χ1n) is 7.04. The molecule has 0 radical (unpaired) electrons. The number of hydrogen-bond donors (Lipinski definition) is 2. The highest BCUT2D eigenvalue weighted by Gasteiger charge is 2.35. The number of rotatable bonds is 4. The van der Waals surface area contributed by atoms with Gasteiger partial charge in [-0.1, -0.05) is 38.1 Å². The molecule has 1 aliphatic rings. The number of fused-ring (bicyclic) bond motifs is 1. The molecule has 2 atom stereocenters. The molecular formula is C16H25NO. The smallest absolute Gasteiger partial charge is 0.0813 e. The average molecular weight is 247 g/mol. The Morgan fingerprint density at radius 2 is 2.11 bits per heavy atom. The Morgan fingerprint density at radius 3 is 2.83 bits per heavy atom. The van der Waals surface area contributed by atoms with Crippen molar-refractivity contribution in [3.8, 4) is 0 Å². The molecule has 1 aromatic carbocycles. The normalized spacial score (nSPS) is 22.6. The van der Waals surface area contributed by atoms with Gasteiger partial charge >= 0.3 is 0 Å². The summed E-state index contributed by atoms with van der Waals surface area (Å²) in [6.45, 7) is 7.34. The summed E-state index contributed by atoms with van der Waals surface area (Å²) in [4.78, 5) is 0. The van der Waals surface area contributed by atoms with Crippen molar-refractivity contribution in [1.29, 1.82) is 0 Å². The van der Waals surface area contributed by atoms with Crippen molar-refractivity contribution in [2.75, 3.05) is 6.54 Å². The topological polar surface area (TPSA) is 32.3 Å². The van der Waals surface area contributed by atoms with Gasteiger partial charge in [-0.2, -0.15) is 0 Å². The Bertz CT molecular complexity index is 398. The zero-order valence-electron chi connectivity index (χ0n) is 11.7. The van der Waals surface area contributed by atoms with Crippen molar-refractivity contribution in [3.05, 3.63) is 35.4 Å². The van der Waals surface area contributed by atoms with E-state index in [0.717, 1.165) is 25.8 Å². The van der Waals surface area contributed by atoms with E-state index in [1.807, 2.05) is 6.92 Å². The van der Waals surface area contributed by atoms with E-state index in [0.29, 0.717) is 5.92 Å². The minimum Gasteiger partial charge on any atom is -0.388 e. The van der Waals surface area contributed by atoms with E-state index in [4.69, 9.17) is 0 Å². The molecule has 2 heteroatoms. The van der Waals surface area contributed by atoms with Crippen LogP contribution in [-0.2, 0) is 6.42 Å². The van der Waals surface area contributed by atoms with Crippen molar-refractivity contribution in [2.24, 2.45) is 5.92 Å². The molecule has 1 aromatic rings. The molecule has 0 fully saturated rings. The Kier molecular flexibility index (Phi) is 4.08. The van der Waals surface area contributed by atoms with Crippen LogP contribution in [0.15, 0.2) is 24.3 Å². The van der Waals surface area contributed by atoms with Crippen molar-refractivity contribution in [2.45, 2.75) is 51.7 Å². The van der Waals surface area contributed by atoms with Crippen LogP contribution in [0.5, 0.6) is 0 Å². The van der Waals surface area contributed by atoms with Gasteiger partial charge < -0.3 is 10.4 Å². The van der Waals surface area contributed by atoms with E-state index in [1.54, 1.807) is 0 Å². The quantitative estimate of drug-likeness (QED) is 0.857. The first-order valence-corrected chi connectivity index (χ1v) is 7.04. The van der Waals surface area contributed by atoms with Gasteiger partial charge in [0.05, 0.1) is 11.6 Å². The third-order valence-corrected chi connectivity index (χ3v) is 3.96. The second-order valence-electron chi connectivity index (χ2n) is 6.13. The second-order valence-corrected chi connectivity index (χ2v) is 6.13. The summed E-state index contributed by atoms with van der Waals surface area (Å²) in [6.07, 6.45) is 2.97. The molecule has 2 N–H and O–H groups in total. The summed E-state index contributed by atoms with van der Waals surface area (Å²) in [5.74, 6) is 0.635. The van der Waals surface area contributed by atoms with Crippen LogP contribution in [0.25, 0.3) is 0 Å². The number of nitrogens with one attached hydrogen (secondary N) is 1. The summed E-state index contributed by atoms with van der Waals surface area (Å²) < 4.78 is 0. The van der Waals surface area contributed by atoms with Gasteiger partial charge in [0.1, 0.15) is 0 Å². The Morgan fingerprint density at radius 1 is 1.39 bits per heavy atom. The predicted molar refractivity (Wildman–Crippen MR) is 75.6 cm³/mol. The second kappa shape index (κ2) is 5.41. The van der Waals surface area contributed by atoms with Crippen LogP contribution in [0.1, 0.15) is 50.8 Å². The fourth-order valence-electron chi connectivity index (χ4n) is 2.78. The minimum atomic E-state index is -0.666. The Hall–Kier alpha value is -0.860. The zero-order chi connectivity index (χ0) is 13.2. The highest BCUT2D eigenvalue weighted by atomic mass is 16.3. The van der Waals surface area contributed by atoms with E-state index in [-0.39, 0.29) is 6.04 Å². The number of aliphatic hydroxyl groups is 1. The molecule has 0 amide bonds. The monoisotopic (exact) mass is 247 g/mol. The molecule has 0 bridgehead atoms. The van der Waals surface area contributed by atoms with Gasteiger partial charge in [-0.05, 0) is 49.8 Å². The molecule has 1 heterocycles. The Balaban J connectivity index is 2.18. The fourth-order valence-corrected chi connectivity index (χ4v) is 2.78. The van der Waals surface area contributed by atoms with Crippen molar-refractivity contribution in [3.63, 3.8) is 0 Å². The molecule has 2 unspecified atom stereocenters. The molecule has 100 valence electrons. The van der Waals surface area contributed by atoms with Crippen molar-refractivity contribution >= 4 is 0 Å². The van der Waals surface area contributed by atoms with Gasteiger partial charge in [0.15, 0.2) is 0 Å². The highest BCUT2D eigenvalue weighted by molar-refractivity contribution is 5.34. The van der Waals surface area contributed by atoms with Crippen LogP contribution in [0.4, 0.5) is 0 Å². The van der Waals surface area contributed by atoms with Crippen LogP contribution in [-0.4, -0.2) is 17.3 Å². The van der Waals surface area contributed by atoms with Gasteiger partial charge in [-0.25, -0.2) is 0 Å². The predicted octanol–water partition coefficient (Wildman–Crippen LogP) is 3.06. The lowest BCUT2D eigenvalue weighted by Crippen LogP contribution is -2.45. The lowest BCUT2D eigenvalue weighted by molar-refractivity contribution is 0.00368. The van der Waals surface area contributed by atoms with Crippen LogP contribution < -0.4 is 5.32 Å². The number of hydrogen-bond acceptors (Lipinski definition) is 2. The highest BCUT2D eigenvalue weighted by Crippen LogP contribution is 2.34. The molecule has 0 saturated carbocycles. The molecule has 0 saturated heterocycles. The van der Waals surface area contributed by atoms with Gasteiger partial charge in [0.25, 0.3) is 0 Å². The van der Waals surface area contributed by atoms with E-state index in [9.17, 15) is 5.11 Å². The summed E-state index contributed by atoms with van der Waals surface area (Å²) >= 11 is 0. The van der Waals surface area contributed by atoms with E-state index in [2.05, 4.69) is 43.4 Å². The van der Waals surface area contributed by atoms with Gasteiger partial charge in [-0.15, -0.1) is 0 Å². The fraction of sp³-hybridized carbons (Fsp3) is 0.625. The number of benzene rings is 1. The van der Waals surface area contributed by atoms with Crippen molar-refractivity contribution in [1.82, 2.24) is 5.32 Å². The lowest BCUT2D eigenvalue weighted by Gasteiger charge is -2.38. The van der Waals surface area contributed by atoms with Gasteiger partial charge in [0.2, 0.25) is 0 Å².